The zero-order chi connectivity index (χ0) is 17.3. The Morgan fingerprint density at radius 1 is 1.17 bits per heavy atom. The van der Waals surface area contributed by atoms with Gasteiger partial charge in [-0.3, -0.25) is 9.20 Å². The fourth-order valence-corrected chi connectivity index (χ4v) is 2.83. The second-order valence-electron chi connectivity index (χ2n) is 5.65. The monoisotopic (exact) mass is 363 g/mol. The van der Waals surface area contributed by atoms with Crippen molar-refractivity contribution in [2.45, 2.75) is 19.9 Å². The largest absolute Gasteiger partial charge is 0.342 e. The number of nitrogens with zero attached hydrogens (tertiary/aromatic N) is 4. The van der Waals surface area contributed by atoms with Gasteiger partial charge in [0.15, 0.2) is 11.5 Å². The molecule has 8 heteroatoms. The van der Waals surface area contributed by atoms with E-state index in [0.29, 0.717) is 5.82 Å². The molecule has 0 aliphatic rings. The van der Waals surface area contributed by atoms with Crippen molar-refractivity contribution in [3.8, 4) is 0 Å². The number of rotatable bonds is 4. The van der Waals surface area contributed by atoms with Crippen molar-refractivity contribution in [3.63, 3.8) is 0 Å². The second kappa shape index (κ2) is 6.75. The number of nitrogens with one attached hydrogen (secondary N) is 1. The minimum absolute atomic E-state index is 0.0635. The fourth-order valence-electron chi connectivity index (χ4n) is 2.40. The molecule has 3 heterocycles. The van der Waals surface area contributed by atoms with Gasteiger partial charge in [0.05, 0.1) is 11.6 Å². The first-order valence-electron chi connectivity index (χ1n) is 7.40. The molecule has 0 saturated carbocycles. The van der Waals surface area contributed by atoms with E-state index in [1.807, 2.05) is 42.6 Å². The van der Waals surface area contributed by atoms with Crippen molar-refractivity contribution in [2.75, 3.05) is 0 Å². The van der Waals surface area contributed by atoms with Gasteiger partial charge in [0.25, 0.3) is 5.91 Å². The molecule has 3 aromatic heterocycles. The van der Waals surface area contributed by atoms with Gasteiger partial charge < -0.3 is 5.32 Å². The lowest BCUT2D eigenvalue weighted by Gasteiger charge is -2.21. The van der Waals surface area contributed by atoms with Crippen LogP contribution in [0.3, 0.4) is 0 Å². The maximum absolute atomic E-state index is 12.6. The number of pyridine rings is 2. The fraction of sp³-hybridized carbons (Fsp3) is 0.250. The first kappa shape index (κ1) is 16.7. The van der Waals surface area contributed by atoms with Crippen LogP contribution in [0.5, 0.6) is 0 Å². The molecule has 124 valence electrons. The van der Waals surface area contributed by atoms with Crippen LogP contribution in [0.2, 0.25) is 10.3 Å². The van der Waals surface area contributed by atoms with E-state index in [9.17, 15) is 4.79 Å². The van der Waals surface area contributed by atoms with Gasteiger partial charge in [-0.1, -0.05) is 43.1 Å². The zero-order valence-corrected chi connectivity index (χ0v) is 14.6. The Hall–Kier alpha value is -2.18. The highest BCUT2D eigenvalue weighted by atomic mass is 35.5. The number of carbonyl (C=O) groups is 1. The van der Waals surface area contributed by atoms with Crippen LogP contribution in [0.1, 0.15) is 36.1 Å². The van der Waals surface area contributed by atoms with Crippen molar-refractivity contribution >= 4 is 34.8 Å². The number of halogens is 2. The van der Waals surface area contributed by atoms with Crippen LogP contribution < -0.4 is 5.32 Å². The minimum atomic E-state index is -0.337. The van der Waals surface area contributed by atoms with Gasteiger partial charge in [0, 0.05) is 6.20 Å². The predicted molar refractivity (Wildman–Crippen MR) is 92.3 cm³/mol. The van der Waals surface area contributed by atoms with E-state index in [2.05, 4.69) is 20.5 Å². The molecule has 0 fully saturated rings. The van der Waals surface area contributed by atoms with Gasteiger partial charge in [0.2, 0.25) is 0 Å². The summed E-state index contributed by atoms with van der Waals surface area (Å²) in [4.78, 5) is 16.5. The van der Waals surface area contributed by atoms with Gasteiger partial charge >= 0.3 is 0 Å². The third kappa shape index (κ3) is 3.20. The summed E-state index contributed by atoms with van der Waals surface area (Å²) in [5.74, 6) is 0.420. The average molecular weight is 364 g/mol. The zero-order valence-electron chi connectivity index (χ0n) is 13.1. The summed E-state index contributed by atoms with van der Waals surface area (Å²) < 4.78 is 1.85. The molecular weight excluding hydrogens is 349 g/mol. The average Bonchev–Trinajstić information content (AvgIpc) is 2.96. The third-order valence-electron chi connectivity index (χ3n) is 3.63. The number of amides is 1. The molecule has 1 N–H and O–H groups in total. The van der Waals surface area contributed by atoms with Gasteiger partial charge in [-0.05, 0) is 30.2 Å². The minimum Gasteiger partial charge on any atom is -0.342 e. The lowest BCUT2D eigenvalue weighted by atomic mass is 10.0. The van der Waals surface area contributed by atoms with Gasteiger partial charge in [-0.15, -0.1) is 10.2 Å². The molecule has 1 atom stereocenters. The summed E-state index contributed by atoms with van der Waals surface area (Å²) in [5.41, 5.74) is 0.985. The molecule has 0 radical (unpaired) electrons. The molecule has 0 aliphatic heterocycles. The van der Waals surface area contributed by atoms with E-state index >= 15 is 0 Å². The molecular formula is C16H15Cl2N5O. The standard InChI is InChI=1S/C16H15Cl2N5O/c1-9(2)13(15-22-21-12-5-3-4-8-23(12)15)20-16(24)10-6-7-11(17)19-14(10)18/h3-9,13H,1-2H3,(H,20,24). The highest BCUT2D eigenvalue weighted by molar-refractivity contribution is 6.34. The van der Waals surface area contributed by atoms with E-state index in [4.69, 9.17) is 23.2 Å². The Morgan fingerprint density at radius 3 is 2.67 bits per heavy atom. The molecule has 0 bridgehead atoms. The Bertz CT molecular complexity index is 893. The molecule has 0 aliphatic carbocycles. The van der Waals surface area contributed by atoms with Crippen LogP contribution in [0.25, 0.3) is 5.65 Å². The number of hydrogen-bond acceptors (Lipinski definition) is 4. The van der Waals surface area contributed by atoms with Gasteiger partial charge in [0.1, 0.15) is 10.3 Å². The molecule has 1 amide bonds. The summed E-state index contributed by atoms with van der Waals surface area (Å²) in [7, 11) is 0. The normalized spacial score (nSPS) is 12.5. The van der Waals surface area contributed by atoms with E-state index in [0.717, 1.165) is 5.65 Å². The van der Waals surface area contributed by atoms with Crippen molar-refractivity contribution in [1.82, 2.24) is 24.9 Å². The Balaban J connectivity index is 1.93. The summed E-state index contributed by atoms with van der Waals surface area (Å²) in [6.07, 6.45) is 1.86. The van der Waals surface area contributed by atoms with Crippen LogP contribution in [0.15, 0.2) is 36.5 Å². The number of hydrogen-bond donors (Lipinski definition) is 1. The lowest BCUT2D eigenvalue weighted by Crippen LogP contribution is -2.33. The Labute approximate surface area is 148 Å². The van der Waals surface area contributed by atoms with Crippen molar-refractivity contribution in [3.05, 3.63) is 58.2 Å². The smallest absolute Gasteiger partial charge is 0.255 e. The topological polar surface area (TPSA) is 72.2 Å². The summed E-state index contributed by atoms with van der Waals surface area (Å²) >= 11 is 11.8. The number of fused-ring (bicyclic) bond motifs is 1. The molecule has 1 unspecified atom stereocenters. The van der Waals surface area contributed by atoms with Crippen molar-refractivity contribution in [2.24, 2.45) is 5.92 Å². The van der Waals surface area contributed by atoms with Crippen molar-refractivity contribution in [1.29, 1.82) is 0 Å². The first-order valence-corrected chi connectivity index (χ1v) is 8.15. The van der Waals surface area contributed by atoms with Crippen LogP contribution in [-0.4, -0.2) is 25.5 Å². The second-order valence-corrected chi connectivity index (χ2v) is 6.40. The van der Waals surface area contributed by atoms with E-state index in [-0.39, 0.29) is 33.7 Å². The van der Waals surface area contributed by atoms with Gasteiger partial charge in [-0.2, -0.15) is 0 Å². The van der Waals surface area contributed by atoms with Crippen LogP contribution >= 0.6 is 23.2 Å². The van der Waals surface area contributed by atoms with E-state index < -0.39 is 0 Å². The molecule has 6 nitrogen and oxygen atoms in total. The highest BCUT2D eigenvalue weighted by Crippen LogP contribution is 2.23. The maximum atomic E-state index is 12.6. The lowest BCUT2D eigenvalue weighted by molar-refractivity contribution is 0.0922. The summed E-state index contributed by atoms with van der Waals surface area (Å²) in [5, 5.41) is 11.6. The van der Waals surface area contributed by atoms with Crippen molar-refractivity contribution < 1.29 is 4.79 Å². The molecule has 0 spiro atoms. The molecule has 3 rings (SSSR count). The summed E-state index contributed by atoms with van der Waals surface area (Å²) in [6, 6.07) is 8.37. The Kier molecular flexibility index (Phi) is 4.69. The van der Waals surface area contributed by atoms with E-state index in [1.54, 1.807) is 6.07 Å². The molecule has 0 aromatic carbocycles. The quantitative estimate of drug-likeness (QED) is 0.719. The third-order valence-corrected chi connectivity index (χ3v) is 4.13. The predicted octanol–water partition coefficient (Wildman–Crippen LogP) is 3.56. The van der Waals surface area contributed by atoms with Crippen LogP contribution in [0, 0.1) is 5.92 Å². The number of aromatic nitrogens is 4. The highest BCUT2D eigenvalue weighted by Gasteiger charge is 2.25. The SMILES string of the molecule is CC(C)C(NC(=O)c1ccc(Cl)nc1Cl)c1nnc2ccccn12. The first-order chi connectivity index (χ1) is 11.5. The maximum Gasteiger partial charge on any atom is 0.255 e. The summed E-state index contributed by atoms with van der Waals surface area (Å²) in [6.45, 7) is 3.99. The molecule has 0 saturated heterocycles. The molecule has 3 aromatic rings. The van der Waals surface area contributed by atoms with Gasteiger partial charge in [-0.25, -0.2) is 4.98 Å². The number of carbonyl (C=O) groups excluding carboxylic acids is 1. The molecule has 24 heavy (non-hydrogen) atoms. The van der Waals surface area contributed by atoms with E-state index in [1.165, 1.54) is 6.07 Å². The Morgan fingerprint density at radius 2 is 1.96 bits per heavy atom. The van der Waals surface area contributed by atoms with Crippen LogP contribution in [-0.2, 0) is 0 Å². The van der Waals surface area contributed by atoms with Crippen LogP contribution in [0.4, 0.5) is 0 Å².